The number of hydrogen-bond donors (Lipinski definition) is 0. The van der Waals surface area contributed by atoms with Gasteiger partial charge in [0.05, 0.1) is 11.3 Å². The smallest absolute Gasteiger partial charge is 0.318 e. The molecule has 0 unspecified atom stereocenters. The van der Waals surface area contributed by atoms with Gasteiger partial charge in [0.15, 0.2) is 0 Å². The minimum Gasteiger partial charge on any atom is -0.318 e. The van der Waals surface area contributed by atoms with E-state index in [-0.39, 0.29) is 11.0 Å². The van der Waals surface area contributed by atoms with Crippen molar-refractivity contribution in [1.82, 2.24) is 4.57 Å². The van der Waals surface area contributed by atoms with Gasteiger partial charge in [-0.25, -0.2) is 9.18 Å². The lowest BCUT2D eigenvalue weighted by Gasteiger charge is -2.31. The molecule has 1 aliphatic carbocycles. The molecule has 0 fully saturated rings. The molecule has 31 heavy (non-hydrogen) atoms. The molecule has 0 saturated carbocycles. The SMILES string of the molecule is Cc1cc(C)cc(-n2c(C)cc3c2CC(C)(C)C/C3=N\OC(=O)c2ccccc2F)c1. The molecule has 5 heteroatoms. The van der Waals surface area contributed by atoms with Crippen LogP contribution in [0.25, 0.3) is 5.69 Å². The van der Waals surface area contributed by atoms with Crippen molar-refractivity contribution in [2.45, 2.75) is 47.5 Å². The molecule has 160 valence electrons. The van der Waals surface area contributed by atoms with Crippen LogP contribution in [0, 0.1) is 32.0 Å². The van der Waals surface area contributed by atoms with Crippen molar-refractivity contribution in [1.29, 1.82) is 0 Å². The second kappa shape index (κ2) is 7.80. The summed E-state index contributed by atoms with van der Waals surface area (Å²) in [7, 11) is 0. The predicted molar refractivity (Wildman–Crippen MR) is 120 cm³/mol. The molecular weight excluding hydrogens is 391 g/mol. The first-order chi connectivity index (χ1) is 14.6. The van der Waals surface area contributed by atoms with Crippen LogP contribution in [0.3, 0.4) is 0 Å². The Labute approximate surface area is 182 Å². The van der Waals surface area contributed by atoms with E-state index in [1.54, 1.807) is 6.07 Å². The van der Waals surface area contributed by atoms with Crippen molar-refractivity contribution >= 4 is 11.7 Å². The molecule has 0 atom stereocenters. The van der Waals surface area contributed by atoms with E-state index in [1.807, 2.05) is 0 Å². The summed E-state index contributed by atoms with van der Waals surface area (Å²) >= 11 is 0. The zero-order chi connectivity index (χ0) is 22.3. The standard InChI is InChI=1S/C26H27FN2O2/c1-16-10-17(2)12-19(11-16)29-18(3)13-21-23(14-26(4,5)15-24(21)29)28-31-25(30)20-8-6-7-9-22(20)27/h6-13H,14-15H2,1-5H3/b28-23+. The topological polar surface area (TPSA) is 43.6 Å². The molecule has 2 aromatic carbocycles. The molecule has 3 aromatic rings. The molecule has 4 rings (SSSR count). The van der Waals surface area contributed by atoms with Crippen molar-refractivity contribution in [3.63, 3.8) is 0 Å². The second-order valence-electron chi connectivity index (χ2n) is 9.24. The van der Waals surface area contributed by atoms with Crippen LogP contribution in [0.15, 0.2) is 53.7 Å². The quantitative estimate of drug-likeness (QED) is 0.382. The van der Waals surface area contributed by atoms with Crippen molar-refractivity contribution in [2.75, 3.05) is 0 Å². The molecule has 1 aliphatic rings. The maximum Gasteiger partial charge on any atom is 0.368 e. The van der Waals surface area contributed by atoms with Crippen molar-refractivity contribution in [3.8, 4) is 5.69 Å². The summed E-state index contributed by atoms with van der Waals surface area (Å²) in [6.45, 7) is 10.6. The van der Waals surface area contributed by atoms with E-state index in [2.05, 4.69) is 68.6 Å². The fraction of sp³-hybridized carbons (Fsp3) is 0.308. The maximum absolute atomic E-state index is 13.9. The molecule has 0 amide bonds. The highest BCUT2D eigenvalue weighted by molar-refractivity contribution is 6.03. The van der Waals surface area contributed by atoms with E-state index in [4.69, 9.17) is 4.84 Å². The number of halogens is 1. The van der Waals surface area contributed by atoms with Crippen LogP contribution >= 0.6 is 0 Å². The zero-order valence-electron chi connectivity index (χ0n) is 18.6. The van der Waals surface area contributed by atoms with Gasteiger partial charge in [-0.2, -0.15) is 0 Å². The van der Waals surface area contributed by atoms with Crippen LogP contribution in [0.5, 0.6) is 0 Å². The summed E-state index contributed by atoms with van der Waals surface area (Å²) in [6, 6.07) is 14.4. The fourth-order valence-electron chi connectivity index (χ4n) is 4.47. The Bertz CT molecular complexity index is 1180. The molecule has 0 radical (unpaired) electrons. The first kappa shape index (κ1) is 21.0. The number of oxime groups is 1. The summed E-state index contributed by atoms with van der Waals surface area (Å²) in [5, 5.41) is 4.21. The zero-order valence-corrected chi connectivity index (χ0v) is 18.6. The molecule has 0 spiro atoms. The van der Waals surface area contributed by atoms with E-state index >= 15 is 0 Å². The Balaban J connectivity index is 1.76. The molecule has 0 bridgehead atoms. The number of aryl methyl sites for hydroxylation is 3. The lowest BCUT2D eigenvalue weighted by Crippen LogP contribution is -2.28. The number of rotatable bonds is 3. The number of fused-ring (bicyclic) bond motifs is 1. The Kier molecular flexibility index (Phi) is 5.29. The number of hydrogen-bond acceptors (Lipinski definition) is 3. The van der Waals surface area contributed by atoms with Crippen LogP contribution in [0.2, 0.25) is 0 Å². The van der Waals surface area contributed by atoms with Gasteiger partial charge in [0.25, 0.3) is 0 Å². The van der Waals surface area contributed by atoms with E-state index < -0.39 is 11.8 Å². The average Bonchev–Trinajstić information content (AvgIpc) is 3.00. The van der Waals surface area contributed by atoms with Crippen molar-refractivity contribution in [3.05, 3.63) is 88.0 Å². The summed E-state index contributed by atoms with van der Waals surface area (Å²) in [5.74, 6) is -1.41. The maximum atomic E-state index is 13.9. The Morgan fingerprint density at radius 2 is 1.71 bits per heavy atom. The lowest BCUT2D eigenvalue weighted by molar-refractivity contribution is 0.0508. The first-order valence-electron chi connectivity index (χ1n) is 10.5. The molecule has 1 heterocycles. The summed E-state index contributed by atoms with van der Waals surface area (Å²) in [6.07, 6.45) is 1.55. The minimum absolute atomic E-state index is 0.0579. The molecular formula is C26H27FN2O2. The van der Waals surface area contributed by atoms with Gasteiger partial charge in [-0.05, 0) is 80.5 Å². The van der Waals surface area contributed by atoms with Crippen LogP contribution in [0.4, 0.5) is 4.39 Å². The van der Waals surface area contributed by atoms with Gasteiger partial charge in [0.1, 0.15) is 5.82 Å². The van der Waals surface area contributed by atoms with Gasteiger partial charge in [-0.3, -0.25) is 0 Å². The summed E-state index contributed by atoms with van der Waals surface area (Å²) in [4.78, 5) is 17.6. The molecule has 1 aromatic heterocycles. The van der Waals surface area contributed by atoms with E-state index in [0.29, 0.717) is 12.1 Å². The monoisotopic (exact) mass is 418 g/mol. The largest absolute Gasteiger partial charge is 0.368 e. The van der Waals surface area contributed by atoms with Crippen LogP contribution in [0.1, 0.15) is 58.7 Å². The third-order valence-corrected chi connectivity index (χ3v) is 5.69. The minimum atomic E-state index is -0.791. The number of carbonyl (C=O) groups excluding carboxylic acids is 1. The van der Waals surface area contributed by atoms with Gasteiger partial charge in [0, 0.05) is 22.6 Å². The second-order valence-corrected chi connectivity index (χ2v) is 9.24. The van der Waals surface area contributed by atoms with Crippen LogP contribution in [-0.4, -0.2) is 16.2 Å². The highest BCUT2D eigenvalue weighted by Crippen LogP contribution is 2.38. The summed E-state index contributed by atoms with van der Waals surface area (Å²) in [5.41, 5.74) is 7.30. The van der Waals surface area contributed by atoms with Crippen molar-refractivity contribution < 1.29 is 14.0 Å². The van der Waals surface area contributed by atoms with E-state index in [9.17, 15) is 9.18 Å². The normalized spacial score (nSPS) is 16.3. The highest BCUT2D eigenvalue weighted by Gasteiger charge is 2.34. The highest BCUT2D eigenvalue weighted by atomic mass is 19.1. The van der Waals surface area contributed by atoms with Gasteiger partial charge >= 0.3 is 5.97 Å². The fourth-order valence-corrected chi connectivity index (χ4v) is 4.47. The Morgan fingerprint density at radius 3 is 2.39 bits per heavy atom. The Morgan fingerprint density at radius 1 is 1.03 bits per heavy atom. The van der Waals surface area contributed by atoms with Crippen LogP contribution in [-0.2, 0) is 11.3 Å². The predicted octanol–water partition coefficient (Wildman–Crippen LogP) is 6.08. The molecule has 0 saturated heterocycles. The van der Waals surface area contributed by atoms with E-state index in [0.717, 1.165) is 29.1 Å². The average molecular weight is 419 g/mol. The molecule has 0 N–H and O–H groups in total. The van der Waals surface area contributed by atoms with Crippen molar-refractivity contribution in [2.24, 2.45) is 10.6 Å². The number of nitrogens with zero attached hydrogens (tertiary/aromatic N) is 2. The van der Waals surface area contributed by atoms with Gasteiger partial charge < -0.3 is 9.40 Å². The number of benzene rings is 2. The van der Waals surface area contributed by atoms with Gasteiger partial charge in [-0.15, -0.1) is 0 Å². The van der Waals surface area contributed by atoms with Gasteiger partial charge in [0.2, 0.25) is 0 Å². The first-order valence-corrected chi connectivity index (χ1v) is 10.5. The summed E-state index contributed by atoms with van der Waals surface area (Å²) < 4.78 is 16.2. The van der Waals surface area contributed by atoms with Crippen LogP contribution < -0.4 is 0 Å². The Hall–Kier alpha value is -3.21. The molecule has 0 aliphatic heterocycles. The molecule has 4 nitrogen and oxygen atoms in total. The third-order valence-electron chi connectivity index (χ3n) is 5.69. The number of aromatic nitrogens is 1. The van der Waals surface area contributed by atoms with E-state index in [1.165, 1.54) is 29.3 Å². The van der Waals surface area contributed by atoms with Gasteiger partial charge in [-0.1, -0.05) is 37.2 Å². The third kappa shape index (κ3) is 4.18. The lowest BCUT2D eigenvalue weighted by atomic mass is 9.76. The number of carbonyl (C=O) groups is 1.